The molecule has 2 heterocycles. The highest BCUT2D eigenvalue weighted by atomic mass is 32.1. The van der Waals surface area contributed by atoms with Crippen LogP contribution in [-0.2, 0) is 0 Å². The first kappa shape index (κ1) is 14.0. The zero-order valence-corrected chi connectivity index (χ0v) is 12.7. The third kappa shape index (κ3) is 3.34. The molecule has 1 fully saturated rings. The minimum absolute atomic E-state index is 0.625. The summed E-state index contributed by atoms with van der Waals surface area (Å²) >= 11 is 1.91. The van der Waals surface area contributed by atoms with Crippen LogP contribution in [0.4, 0.5) is 0 Å². The van der Waals surface area contributed by atoms with E-state index in [9.17, 15) is 0 Å². The van der Waals surface area contributed by atoms with E-state index in [1.54, 1.807) is 0 Å². The van der Waals surface area contributed by atoms with Gasteiger partial charge in [0.05, 0.1) is 0 Å². The molecule has 1 aliphatic rings. The smallest absolute Gasteiger partial charge is 0.0464 e. The predicted octanol–water partition coefficient (Wildman–Crippen LogP) is 3.38. The highest BCUT2D eigenvalue weighted by molar-refractivity contribution is 7.10. The summed E-state index contributed by atoms with van der Waals surface area (Å²) in [5.74, 6) is 1.58. The first-order valence-corrected chi connectivity index (χ1v) is 8.02. The largest absolute Gasteiger partial charge is 0.319 e. The Bertz CT molecular complexity index is 326. The summed E-state index contributed by atoms with van der Waals surface area (Å²) in [4.78, 5) is 4.24. The van der Waals surface area contributed by atoms with Crippen molar-refractivity contribution in [2.24, 2.45) is 11.8 Å². The van der Waals surface area contributed by atoms with Gasteiger partial charge in [-0.15, -0.1) is 11.3 Å². The Kier molecular flexibility index (Phi) is 5.22. The Morgan fingerprint density at radius 2 is 2.11 bits per heavy atom. The molecule has 18 heavy (non-hydrogen) atoms. The standard InChI is InChI=1S/C15H26N2S/c1-12(2)15(14-5-4-10-18-14)17-8-6-13(7-9-17)11-16-3/h4-5,10,12-13,15-16H,6-9,11H2,1-3H3. The number of nitrogens with zero attached hydrogens (tertiary/aromatic N) is 1. The molecule has 0 spiro atoms. The average molecular weight is 266 g/mol. The number of piperidine rings is 1. The van der Waals surface area contributed by atoms with Gasteiger partial charge in [-0.05, 0) is 62.8 Å². The van der Waals surface area contributed by atoms with Crippen molar-refractivity contribution in [2.45, 2.75) is 32.7 Å². The summed E-state index contributed by atoms with van der Waals surface area (Å²) in [5.41, 5.74) is 0. The molecule has 3 heteroatoms. The third-order valence-corrected chi connectivity index (χ3v) is 4.94. The number of rotatable bonds is 5. The molecular weight excluding hydrogens is 240 g/mol. The molecule has 2 rings (SSSR count). The number of thiophene rings is 1. The quantitative estimate of drug-likeness (QED) is 0.879. The molecule has 2 nitrogen and oxygen atoms in total. The van der Waals surface area contributed by atoms with Gasteiger partial charge >= 0.3 is 0 Å². The molecule has 1 aromatic heterocycles. The van der Waals surface area contributed by atoms with Crippen LogP contribution in [0, 0.1) is 11.8 Å². The highest BCUT2D eigenvalue weighted by Crippen LogP contribution is 2.34. The fraction of sp³-hybridized carbons (Fsp3) is 0.733. The van der Waals surface area contributed by atoms with E-state index in [2.05, 4.69) is 48.6 Å². The molecule has 1 atom stereocenters. The minimum Gasteiger partial charge on any atom is -0.319 e. The van der Waals surface area contributed by atoms with Crippen molar-refractivity contribution in [3.63, 3.8) is 0 Å². The SMILES string of the molecule is CNCC1CCN(C(c2cccs2)C(C)C)CC1. The third-order valence-electron chi connectivity index (χ3n) is 4.00. The topological polar surface area (TPSA) is 15.3 Å². The lowest BCUT2D eigenvalue weighted by atomic mass is 9.92. The lowest BCUT2D eigenvalue weighted by molar-refractivity contribution is 0.106. The molecule has 1 N–H and O–H groups in total. The van der Waals surface area contributed by atoms with Crippen molar-refractivity contribution >= 4 is 11.3 Å². The van der Waals surface area contributed by atoms with Crippen molar-refractivity contribution in [3.05, 3.63) is 22.4 Å². The van der Waals surface area contributed by atoms with Gasteiger partial charge < -0.3 is 5.32 Å². The first-order valence-electron chi connectivity index (χ1n) is 7.14. The lowest BCUT2D eigenvalue weighted by Gasteiger charge is -2.39. The minimum atomic E-state index is 0.625. The summed E-state index contributed by atoms with van der Waals surface area (Å²) in [5, 5.41) is 5.52. The van der Waals surface area contributed by atoms with Crippen LogP contribution in [0.3, 0.4) is 0 Å². The normalized spacial score (nSPS) is 20.4. The van der Waals surface area contributed by atoms with Crippen LogP contribution < -0.4 is 5.32 Å². The molecule has 102 valence electrons. The second-order valence-electron chi connectivity index (χ2n) is 5.74. The summed E-state index contributed by atoms with van der Waals surface area (Å²) in [7, 11) is 2.06. The van der Waals surface area contributed by atoms with E-state index in [0.29, 0.717) is 12.0 Å². The molecule has 0 aromatic carbocycles. The van der Waals surface area contributed by atoms with E-state index in [-0.39, 0.29) is 0 Å². The molecule has 0 aliphatic carbocycles. The highest BCUT2D eigenvalue weighted by Gasteiger charge is 2.28. The van der Waals surface area contributed by atoms with E-state index in [1.165, 1.54) is 37.4 Å². The fourth-order valence-electron chi connectivity index (χ4n) is 3.11. The van der Waals surface area contributed by atoms with Gasteiger partial charge in [-0.25, -0.2) is 0 Å². The number of hydrogen-bond acceptors (Lipinski definition) is 3. The molecule has 1 unspecified atom stereocenters. The van der Waals surface area contributed by atoms with Crippen LogP contribution in [0.1, 0.15) is 37.6 Å². The second kappa shape index (κ2) is 6.69. The van der Waals surface area contributed by atoms with Crippen molar-refractivity contribution in [1.29, 1.82) is 0 Å². The fourth-order valence-corrected chi connectivity index (χ4v) is 4.15. The number of nitrogens with one attached hydrogen (secondary N) is 1. The molecule has 1 aromatic rings. The molecule has 1 aliphatic heterocycles. The molecule has 0 amide bonds. The summed E-state index contributed by atoms with van der Waals surface area (Å²) in [6.45, 7) is 8.40. The molecular formula is C15H26N2S. The van der Waals surface area contributed by atoms with Crippen LogP contribution in [0.15, 0.2) is 17.5 Å². The molecule has 0 bridgehead atoms. The van der Waals surface area contributed by atoms with Gasteiger partial charge in [0.15, 0.2) is 0 Å². The first-order chi connectivity index (χ1) is 8.72. The number of hydrogen-bond donors (Lipinski definition) is 1. The van der Waals surface area contributed by atoms with Crippen molar-refractivity contribution < 1.29 is 0 Å². The van der Waals surface area contributed by atoms with E-state index in [0.717, 1.165) is 5.92 Å². The van der Waals surface area contributed by atoms with E-state index >= 15 is 0 Å². The van der Waals surface area contributed by atoms with Gasteiger partial charge in [-0.3, -0.25) is 4.90 Å². The zero-order chi connectivity index (χ0) is 13.0. The maximum absolute atomic E-state index is 3.32. The second-order valence-corrected chi connectivity index (χ2v) is 6.72. The van der Waals surface area contributed by atoms with Crippen molar-refractivity contribution in [1.82, 2.24) is 10.2 Å². The van der Waals surface area contributed by atoms with Crippen LogP contribution in [0.25, 0.3) is 0 Å². The average Bonchev–Trinajstić information content (AvgIpc) is 2.85. The maximum atomic E-state index is 3.32. The zero-order valence-electron chi connectivity index (χ0n) is 11.9. The predicted molar refractivity (Wildman–Crippen MR) is 80.1 cm³/mol. The Labute approximate surface area is 115 Å². The van der Waals surface area contributed by atoms with Crippen molar-refractivity contribution in [3.8, 4) is 0 Å². The monoisotopic (exact) mass is 266 g/mol. The van der Waals surface area contributed by atoms with E-state index < -0.39 is 0 Å². The summed E-state index contributed by atoms with van der Waals surface area (Å²) < 4.78 is 0. The van der Waals surface area contributed by atoms with Gasteiger partial charge in [0, 0.05) is 10.9 Å². The van der Waals surface area contributed by atoms with Gasteiger partial charge in [0.1, 0.15) is 0 Å². The van der Waals surface area contributed by atoms with E-state index in [4.69, 9.17) is 0 Å². The summed E-state index contributed by atoms with van der Waals surface area (Å²) in [6, 6.07) is 5.11. The lowest BCUT2D eigenvalue weighted by Crippen LogP contribution is -2.40. The number of likely N-dealkylation sites (tertiary alicyclic amines) is 1. The summed E-state index contributed by atoms with van der Waals surface area (Å²) in [6.07, 6.45) is 2.69. The van der Waals surface area contributed by atoms with Crippen LogP contribution >= 0.6 is 11.3 Å². The van der Waals surface area contributed by atoms with Crippen LogP contribution in [0.5, 0.6) is 0 Å². The van der Waals surface area contributed by atoms with Gasteiger partial charge in [-0.2, -0.15) is 0 Å². The van der Waals surface area contributed by atoms with E-state index in [1.807, 2.05) is 11.3 Å². The van der Waals surface area contributed by atoms with Crippen LogP contribution in [-0.4, -0.2) is 31.6 Å². The van der Waals surface area contributed by atoms with Gasteiger partial charge in [-0.1, -0.05) is 19.9 Å². The molecule has 0 saturated carbocycles. The van der Waals surface area contributed by atoms with Gasteiger partial charge in [0.25, 0.3) is 0 Å². The van der Waals surface area contributed by atoms with Crippen LogP contribution in [0.2, 0.25) is 0 Å². The maximum Gasteiger partial charge on any atom is 0.0464 e. The van der Waals surface area contributed by atoms with Crippen molar-refractivity contribution in [2.75, 3.05) is 26.7 Å². The Hall–Kier alpha value is -0.380. The molecule has 1 saturated heterocycles. The van der Waals surface area contributed by atoms with Gasteiger partial charge in [0.2, 0.25) is 0 Å². The Morgan fingerprint density at radius 1 is 1.39 bits per heavy atom. The molecule has 0 radical (unpaired) electrons. The Balaban J connectivity index is 1.97. The Morgan fingerprint density at radius 3 is 2.61 bits per heavy atom.